The van der Waals surface area contributed by atoms with Gasteiger partial charge in [0.2, 0.25) is 5.91 Å². The molecule has 0 saturated carbocycles. The first-order valence-corrected chi connectivity index (χ1v) is 9.14. The van der Waals surface area contributed by atoms with Crippen LogP contribution in [0.5, 0.6) is 0 Å². The summed E-state index contributed by atoms with van der Waals surface area (Å²) in [5.41, 5.74) is 1.14. The van der Waals surface area contributed by atoms with E-state index in [2.05, 4.69) is 17.4 Å². The topological polar surface area (TPSA) is 32.3 Å². The van der Waals surface area contributed by atoms with Gasteiger partial charge in [-0.2, -0.15) is 13.2 Å². The van der Waals surface area contributed by atoms with Crippen LogP contribution in [0.1, 0.15) is 24.0 Å². The van der Waals surface area contributed by atoms with Crippen molar-refractivity contribution < 1.29 is 18.0 Å². The molecule has 2 aromatic rings. The first-order valence-electron chi connectivity index (χ1n) is 9.14. The second-order valence-electron chi connectivity index (χ2n) is 6.94. The molecule has 1 aliphatic heterocycles. The fourth-order valence-electron chi connectivity index (χ4n) is 3.40. The minimum Gasteiger partial charge on any atom is -0.376 e. The summed E-state index contributed by atoms with van der Waals surface area (Å²) in [5.74, 6) is 0.562. The number of hydrogen-bond acceptors (Lipinski definition) is 2. The van der Waals surface area contributed by atoms with Gasteiger partial charge in [-0.1, -0.05) is 30.3 Å². The summed E-state index contributed by atoms with van der Waals surface area (Å²) in [5, 5.41) is 2.91. The molecule has 0 unspecified atom stereocenters. The average Bonchev–Trinajstić information content (AvgIpc) is 2.67. The summed E-state index contributed by atoms with van der Waals surface area (Å²) in [6, 6.07) is 15.1. The average molecular weight is 376 g/mol. The standard InChI is InChI=1S/C21H23F3N2O/c22-21(23,24)18-6-8-19(9-7-18)25-15-20(27)26-12-10-17(11-13-26)14-16-4-2-1-3-5-16/h1-9,17,25H,10-15H2. The number of piperidine rings is 1. The summed E-state index contributed by atoms with van der Waals surface area (Å²) in [6.45, 7) is 1.55. The number of nitrogens with one attached hydrogen (secondary N) is 1. The molecule has 0 spiro atoms. The zero-order valence-corrected chi connectivity index (χ0v) is 15.0. The van der Waals surface area contributed by atoms with Crippen molar-refractivity contribution in [3.05, 3.63) is 65.7 Å². The van der Waals surface area contributed by atoms with E-state index in [1.165, 1.54) is 17.7 Å². The van der Waals surface area contributed by atoms with Gasteiger partial charge in [0.05, 0.1) is 12.1 Å². The Kier molecular flexibility index (Phi) is 6.04. The van der Waals surface area contributed by atoms with Gasteiger partial charge in [-0.15, -0.1) is 0 Å². The van der Waals surface area contributed by atoms with Crippen molar-refractivity contribution in [1.82, 2.24) is 4.90 Å². The highest BCUT2D eigenvalue weighted by molar-refractivity contribution is 5.81. The van der Waals surface area contributed by atoms with Gasteiger partial charge in [0, 0.05) is 18.8 Å². The molecule has 1 heterocycles. The normalized spacial score (nSPS) is 15.6. The van der Waals surface area contributed by atoms with Crippen LogP contribution in [0.3, 0.4) is 0 Å². The number of anilines is 1. The number of alkyl halides is 3. The van der Waals surface area contributed by atoms with E-state index in [1.54, 1.807) is 0 Å². The third-order valence-electron chi connectivity index (χ3n) is 4.99. The molecule has 2 aromatic carbocycles. The van der Waals surface area contributed by atoms with Crippen molar-refractivity contribution >= 4 is 11.6 Å². The number of benzene rings is 2. The minimum absolute atomic E-state index is 0.0203. The van der Waals surface area contributed by atoms with Gasteiger partial charge in [0.1, 0.15) is 0 Å². The van der Waals surface area contributed by atoms with E-state index in [0.29, 0.717) is 11.6 Å². The van der Waals surface area contributed by atoms with Gasteiger partial charge in [0.15, 0.2) is 0 Å². The molecule has 6 heteroatoms. The van der Waals surface area contributed by atoms with Crippen LogP contribution in [-0.2, 0) is 17.4 Å². The van der Waals surface area contributed by atoms with Crippen LogP contribution in [-0.4, -0.2) is 30.4 Å². The van der Waals surface area contributed by atoms with Gasteiger partial charge < -0.3 is 10.2 Å². The number of halogens is 3. The fourth-order valence-corrected chi connectivity index (χ4v) is 3.40. The molecule has 1 aliphatic rings. The number of rotatable bonds is 5. The lowest BCUT2D eigenvalue weighted by atomic mass is 9.90. The van der Waals surface area contributed by atoms with Crippen LogP contribution in [0.15, 0.2) is 54.6 Å². The summed E-state index contributed by atoms with van der Waals surface area (Å²) in [6.07, 6.45) is -1.37. The van der Waals surface area contributed by atoms with Crippen molar-refractivity contribution in [3.63, 3.8) is 0 Å². The maximum atomic E-state index is 12.6. The molecule has 3 nitrogen and oxygen atoms in total. The molecular formula is C21H23F3N2O. The Morgan fingerprint density at radius 1 is 1.00 bits per heavy atom. The number of carbonyl (C=O) groups is 1. The molecule has 0 aromatic heterocycles. The monoisotopic (exact) mass is 376 g/mol. The number of hydrogen-bond donors (Lipinski definition) is 1. The van der Waals surface area contributed by atoms with Crippen LogP contribution in [0.2, 0.25) is 0 Å². The van der Waals surface area contributed by atoms with Gasteiger partial charge in [-0.3, -0.25) is 4.79 Å². The minimum atomic E-state index is -4.35. The maximum absolute atomic E-state index is 12.6. The van der Waals surface area contributed by atoms with E-state index < -0.39 is 11.7 Å². The molecule has 1 N–H and O–H groups in total. The van der Waals surface area contributed by atoms with Gasteiger partial charge >= 0.3 is 6.18 Å². The van der Waals surface area contributed by atoms with Crippen molar-refractivity contribution in [3.8, 4) is 0 Å². The van der Waals surface area contributed by atoms with Crippen molar-refractivity contribution in [1.29, 1.82) is 0 Å². The van der Waals surface area contributed by atoms with E-state index in [9.17, 15) is 18.0 Å². The Morgan fingerprint density at radius 2 is 1.63 bits per heavy atom. The maximum Gasteiger partial charge on any atom is 0.416 e. The van der Waals surface area contributed by atoms with Crippen LogP contribution in [0, 0.1) is 5.92 Å². The molecule has 0 radical (unpaired) electrons. The Bertz CT molecular complexity index is 736. The van der Waals surface area contributed by atoms with Crippen LogP contribution < -0.4 is 5.32 Å². The molecule has 1 saturated heterocycles. The van der Waals surface area contributed by atoms with E-state index in [0.717, 1.165) is 44.5 Å². The lowest BCUT2D eigenvalue weighted by Crippen LogP contribution is -2.41. The van der Waals surface area contributed by atoms with Gasteiger partial charge in [-0.25, -0.2) is 0 Å². The van der Waals surface area contributed by atoms with E-state index in [1.807, 2.05) is 23.1 Å². The zero-order valence-electron chi connectivity index (χ0n) is 15.0. The largest absolute Gasteiger partial charge is 0.416 e. The van der Waals surface area contributed by atoms with Crippen molar-refractivity contribution in [2.45, 2.75) is 25.4 Å². The fraction of sp³-hybridized carbons (Fsp3) is 0.381. The molecule has 0 aliphatic carbocycles. The molecule has 0 bridgehead atoms. The van der Waals surface area contributed by atoms with Crippen LogP contribution >= 0.6 is 0 Å². The predicted octanol–water partition coefficient (Wildman–Crippen LogP) is 4.60. The van der Waals surface area contributed by atoms with Crippen molar-refractivity contribution in [2.24, 2.45) is 5.92 Å². The number of carbonyl (C=O) groups excluding carboxylic acids is 1. The molecule has 1 fully saturated rings. The molecule has 27 heavy (non-hydrogen) atoms. The second-order valence-corrected chi connectivity index (χ2v) is 6.94. The smallest absolute Gasteiger partial charge is 0.376 e. The Hall–Kier alpha value is -2.50. The first-order chi connectivity index (χ1) is 12.9. The summed E-state index contributed by atoms with van der Waals surface area (Å²) >= 11 is 0. The van der Waals surface area contributed by atoms with Gasteiger partial charge in [-0.05, 0) is 55.0 Å². The SMILES string of the molecule is O=C(CNc1ccc(C(F)(F)F)cc1)N1CCC(Cc2ccccc2)CC1. The van der Waals surface area contributed by atoms with E-state index in [-0.39, 0.29) is 12.5 Å². The highest BCUT2D eigenvalue weighted by atomic mass is 19.4. The van der Waals surface area contributed by atoms with Crippen molar-refractivity contribution in [2.75, 3.05) is 25.0 Å². The molecule has 144 valence electrons. The lowest BCUT2D eigenvalue weighted by molar-refractivity contribution is -0.137. The Balaban J connectivity index is 1.43. The molecule has 3 rings (SSSR count). The summed E-state index contributed by atoms with van der Waals surface area (Å²) < 4.78 is 37.7. The summed E-state index contributed by atoms with van der Waals surface area (Å²) in [7, 11) is 0. The highest BCUT2D eigenvalue weighted by Crippen LogP contribution is 2.29. The number of likely N-dealkylation sites (tertiary alicyclic amines) is 1. The Labute approximate surface area is 157 Å². The van der Waals surface area contributed by atoms with Gasteiger partial charge in [0.25, 0.3) is 0 Å². The molecule has 1 amide bonds. The van der Waals surface area contributed by atoms with Crippen LogP contribution in [0.25, 0.3) is 0 Å². The highest BCUT2D eigenvalue weighted by Gasteiger charge is 2.30. The second kappa shape index (κ2) is 8.46. The quantitative estimate of drug-likeness (QED) is 0.827. The third-order valence-corrected chi connectivity index (χ3v) is 4.99. The zero-order chi connectivity index (χ0) is 19.3. The Morgan fingerprint density at radius 3 is 2.22 bits per heavy atom. The number of nitrogens with zero attached hydrogens (tertiary/aromatic N) is 1. The summed E-state index contributed by atoms with van der Waals surface area (Å²) in [4.78, 5) is 14.2. The third kappa shape index (κ3) is 5.49. The molecule has 0 atom stereocenters. The first kappa shape index (κ1) is 19.3. The lowest BCUT2D eigenvalue weighted by Gasteiger charge is -2.32. The van der Waals surface area contributed by atoms with Crippen LogP contribution in [0.4, 0.5) is 18.9 Å². The molecular weight excluding hydrogens is 353 g/mol. The van der Waals surface area contributed by atoms with E-state index in [4.69, 9.17) is 0 Å². The predicted molar refractivity (Wildman–Crippen MR) is 99.4 cm³/mol. The van der Waals surface area contributed by atoms with E-state index >= 15 is 0 Å². The number of amides is 1.